The van der Waals surface area contributed by atoms with Crippen LogP contribution >= 0.6 is 11.8 Å². The minimum absolute atomic E-state index is 0.0845. The minimum atomic E-state index is -0.887. The molecule has 3 rings (SSSR count). The molecule has 0 spiro atoms. The largest absolute Gasteiger partial charge is 0.350 e. The summed E-state index contributed by atoms with van der Waals surface area (Å²) in [6.45, 7) is -0.187. The van der Waals surface area contributed by atoms with Crippen LogP contribution in [0.15, 0.2) is 47.4 Å². The summed E-state index contributed by atoms with van der Waals surface area (Å²) in [5, 5.41) is 1.89. The molecule has 1 heterocycles. The summed E-state index contributed by atoms with van der Waals surface area (Å²) in [6, 6.07) is 7.82. The van der Waals surface area contributed by atoms with E-state index >= 15 is 0 Å². The van der Waals surface area contributed by atoms with Crippen molar-refractivity contribution in [1.82, 2.24) is 10.2 Å². The Kier molecular flexibility index (Phi) is 5.84. The van der Waals surface area contributed by atoms with Gasteiger partial charge in [0.1, 0.15) is 17.5 Å². The summed E-state index contributed by atoms with van der Waals surface area (Å²) in [5.41, 5.74) is 0.358. The first-order valence-corrected chi connectivity index (χ1v) is 8.90. The molecule has 0 aromatic heterocycles. The van der Waals surface area contributed by atoms with Crippen LogP contribution in [0, 0.1) is 17.5 Å². The fourth-order valence-corrected chi connectivity index (χ4v) is 3.34. The molecule has 1 aliphatic rings. The molecule has 0 aliphatic carbocycles. The van der Waals surface area contributed by atoms with E-state index < -0.39 is 34.5 Å². The van der Waals surface area contributed by atoms with Gasteiger partial charge in [-0.1, -0.05) is 12.1 Å². The van der Waals surface area contributed by atoms with Gasteiger partial charge < -0.3 is 5.32 Å². The van der Waals surface area contributed by atoms with Gasteiger partial charge in [0.05, 0.1) is 4.91 Å². The molecule has 5 nitrogen and oxygen atoms in total. The quantitative estimate of drug-likeness (QED) is 0.771. The van der Waals surface area contributed by atoms with Crippen LogP contribution in [0.2, 0.25) is 0 Å². The van der Waals surface area contributed by atoms with Gasteiger partial charge in [-0.05, 0) is 47.7 Å². The summed E-state index contributed by atoms with van der Waals surface area (Å²) < 4.78 is 39.3. The normalized spacial score (nSPS) is 15.4. The number of imide groups is 1. The predicted octanol–water partition coefficient (Wildman–Crippen LogP) is 3.57. The smallest absolute Gasteiger partial charge is 0.293 e. The zero-order valence-corrected chi connectivity index (χ0v) is 15.1. The highest BCUT2D eigenvalue weighted by molar-refractivity contribution is 8.18. The average molecular weight is 406 g/mol. The number of hydrogen-bond acceptors (Lipinski definition) is 4. The van der Waals surface area contributed by atoms with Crippen LogP contribution in [-0.2, 0) is 4.79 Å². The van der Waals surface area contributed by atoms with Crippen LogP contribution in [0.5, 0.6) is 0 Å². The Morgan fingerprint density at radius 3 is 2.29 bits per heavy atom. The first-order chi connectivity index (χ1) is 13.3. The maximum atomic E-state index is 13.2. The molecule has 3 amide bonds. The van der Waals surface area contributed by atoms with Crippen molar-refractivity contribution in [2.45, 2.75) is 0 Å². The summed E-state index contributed by atoms with van der Waals surface area (Å²) in [5.74, 6) is -3.46. The van der Waals surface area contributed by atoms with Gasteiger partial charge in [0.15, 0.2) is 0 Å². The van der Waals surface area contributed by atoms with Crippen molar-refractivity contribution >= 4 is 34.9 Å². The Morgan fingerprint density at radius 2 is 1.64 bits per heavy atom. The Balaban J connectivity index is 1.60. The molecule has 144 valence electrons. The van der Waals surface area contributed by atoms with E-state index in [0.29, 0.717) is 11.6 Å². The Hall–Kier alpha value is -3.07. The number of rotatable bonds is 5. The number of carbonyl (C=O) groups excluding carboxylic acids is 3. The highest BCUT2D eigenvalue weighted by Crippen LogP contribution is 2.31. The predicted molar refractivity (Wildman–Crippen MR) is 97.8 cm³/mol. The lowest BCUT2D eigenvalue weighted by atomic mass is 10.2. The first kappa shape index (κ1) is 19.7. The van der Waals surface area contributed by atoms with Crippen LogP contribution < -0.4 is 5.32 Å². The van der Waals surface area contributed by atoms with E-state index in [2.05, 4.69) is 5.32 Å². The molecule has 0 atom stereocenters. The first-order valence-electron chi connectivity index (χ1n) is 8.09. The molecular weight excluding hydrogens is 393 g/mol. The summed E-state index contributed by atoms with van der Waals surface area (Å²) >= 11 is 0.733. The SMILES string of the molecule is O=C(NCCN1C(=O)S/C(=C\c2ccc(F)cc2)C1=O)c1cc(F)cc(F)c1. The molecule has 9 heteroatoms. The molecule has 1 aliphatic heterocycles. The molecule has 1 N–H and O–H groups in total. The van der Waals surface area contributed by atoms with E-state index in [9.17, 15) is 27.6 Å². The van der Waals surface area contributed by atoms with Crippen molar-refractivity contribution < 1.29 is 27.6 Å². The van der Waals surface area contributed by atoms with Crippen LogP contribution in [0.3, 0.4) is 0 Å². The lowest BCUT2D eigenvalue weighted by molar-refractivity contribution is -0.122. The molecule has 0 radical (unpaired) electrons. The highest BCUT2D eigenvalue weighted by Gasteiger charge is 2.34. The van der Waals surface area contributed by atoms with Crippen LogP contribution in [0.1, 0.15) is 15.9 Å². The molecule has 2 aromatic rings. The second kappa shape index (κ2) is 8.30. The fraction of sp³-hybridized carbons (Fsp3) is 0.105. The second-order valence-electron chi connectivity index (χ2n) is 5.80. The molecule has 2 aromatic carbocycles. The lowest BCUT2D eigenvalue weighted by Gasteiger charge is -2.13. The zero-order chi connectivity index (χ0) is 20.3. The third-order valence-electron chi connectivity index (χ3n) is 3.79. The van der Waals surface area contributed by atoms with E-state index in [0.717, 1.165) is 28.8 Å². The average Bonchev–Trinajstić information content (AvgIpc) is 2.90. The number of nitrogens with zero attached hydrogens (tertiary/aromatic N) is 1. The molecule has 1 saturated heterocycles. The molecule has 0 saturated carbocycles. The molecule has 1 fully saturated rings. The lowest BCUT2D eigenvalue weighted by Crippen LogP contribution is -2.37. The van der Waals surface area contributed by atoms with Crippen molar-refractivity contribution in [1.29, 1.82) is 0 Å². The number of thioether (sulfide) groups is 1. The maximum absolute atomic E-state index is 13.2. The molecular formula is C19H13F3N2O3S. The van der Waals surface area contributed by atoms with Gasteiger partial charge in [-0.3, -0.25) is 19.3 Å². The summed E-state index contributed by atoms with van der Waals surface area (Å²) in [6.07, 6.45) is 1.47. The Labute approximate surface area is 162 Å². The number of halogens is 3. The van der Waals surface area contributed by atoms with Crippen LogP contribution in [0.25, 0.3) is 6.08 Å². The topological polar surface area (TPSA) is 66.5 Å². The summed E-state index contributed by atoms with van der Waals surface area (Å²) in [4.78, 5) is 37.4. The monoisotopic (exact) mass is 406 g/mol. The number of benzene rings is 2. The summed E-state index contributed by atoms with van der Waals surface area (Å²) in [7, 11) is 0. The van der Waals surface area contributed by atoms with Gasteiger partial charge in [-0.15, -0.1) is 0 Å². The Morgan fingerprint density at radius 1 is 1.00 bits per heavy atom. The molecule has 0 bridgehead atoms. The van der Waals surface area contributed by atoms with E-state index in [4.69, 9.17) is 0 Å². The van der Waals surface area contributed by atoms with Crippen LogP contribution in [0.4, 0.5) is 18.0 Å². The van der Waals surface area contributed by atoms with Gasteiger partial charge in [0.2, 0.25) is 0 Å². The number of nitrogens with one attached hydrogen (secondary N) is 1. The van der Waals surface area contributed by atoms with E-state index in [1.165, 1.54) is 30.3 Å². The van der Waals surface area contributed by atoms with Crippen LogP contribution in [-0.4, -0.2) is 35.0 Å². The highest BCUT2D eigenvalue weighted by atomic mass is 32.2. The standard InChI is InChI=1S/C19H13F3N2O3S/c20-13-3-1-11(2-4-13)7-16-18(26)24(19(27)28-16)6-5-23-17(25)12-8-14(21)10-15(22)9-12/h1-4,7-10H,5-6H2,(H,23,25)/b16-7-. The number of hydrogen-bond donors (Lipinski definition) is 1. The van der Waals surface area contributed by atoms with E-state index in [1.54, 1.807) is 0 Å². The zero-order valence-electron chi connectivity index (χ0n) is 14.2. The third kappa shape index (κ3) is 4.61. The van der Waals surface area contributed by atoms with E-state index in [-0.39, 0.29) is 23.6 Å². The maximum Gasteiger partial charge on any atom is 0.293 e. The van der Waals surface area contributed by atoms with Gasteiger partial charge >= 0.3 is 0 Å². The van der Waals surface area contributed by atoms with Gasteiger partial charge in [-0.25, -0.2) is 13.2 Å². The van der Waals surface area contributed by atoms with E-state index in [1.807, 2.05) is 0 Å². The third-order valence-corrected chi connectivity index (χ3v) is 4.69. The van der Waals surface area contributed by atoms with Crippen molar-refractivity contribution in [3.8, 4) is 0 Å². The van der Waals surface area contributed by atoms with Crippen molar-refractivity contribution in [2.75, 3.05) is 13.1 Å². The molecule has 28 heavy (non-hydrogen) atoms. The van der Waals surface area contributed by atoms with Gasteiger partial charge in [0, 0.05) is 24.7 Å². The second-order valence-corrected chi connectivity index (χ2v) is 6.79. The van der Waals surface area contributed by atoms with Gasteiger partial charge in [-0.2, -0.15) is 0 Å². The number of amides is 3. The minimum Gasteiger partial charge on any atom is -0.350 e. The number of carbonyl (C=O) groups is 3. The van der Waals surface area contributed by atoms with Crippen molar-refractivity contribution in [3.05, 3.63) is 75.9 Å². The Bertz CT molecular complexity index is 957. The van der Waals surface area contributed by atoms with Gasteiger partial charge in [0.25, 0.3) is 17.1 Å². The molecule has 0 unspecified atom stereocenters. The van der Waals surface area contributed by atoms with Crippen molar-refractivity contribution in [3.63, 3.8) is 0 Å². The van der Waals surface area contributed by atoms with Crippen molar-refractivity contribution in [2.24, 2.45) is 0 Å². The fourth-order valence-electron chi connectivity index (χ4n) is 2.47.